The second kappa shape index (κ2) is 3.53. The molecule has 0 fully saturated rings. The Balaban J connectivity index is 3.62. The molecular weight excluding hydrogens is 233 g/mol. The van der Waals surface area contributed by atoms with Crippen LogP contribution in [0.15, 0.2) is 0 Å². The van der Waals surface area contributed by atoms with E-state index >= 15 is 0 Å². The molecule has 0 aromatic rings. The van der Waals surface area contributed by atoms with Crippen LogP contribution < -0.4 is 0 Å². The van der Waals surface area contributed by atoms with Crippen LogP contribution in [0.4, 0.5) is 0 Å². The van der Waals surface area contributed by atoms with E-state index in [1.807, 2.05) is 12.7 Å². The molecule has 0 radical (unpaired) electrons. The molecule has 0 aliphatic rings. The zero-order valence-electron chi connectivity index (χ0n) is 4.83. The molecule has 0 saturated carbocycles. The fourth-order valence-corrected chi connectivity index (χ4v) is 3.21. The number of hydrogen-bond acceptors (Lipinski definition) is 0. The number of alkyl halides is 1. The van der Waals surface area contributed by atoms with E-state index in [9.17, 15) is 0 Å². The number of rotatable bonds is 2. The first kappa shape index (κ1) is 9.39. The Labute approximate surface area is 66.2 Å². The van der Waals surface area contributed by atoms with Crippen molar-refractivity contribution >= 4 is 42.8 Å². The summed E-state index contributed by atoms with van der Waals surface area (Å²) in [6, 6.07) is 0. The van der Waals surface area contributed by atoms with E-state index in [0.717, 1.165) is 0 Å². The standard InChI is InChI=1S/C4H9Cl3Se/c1-4(3-5)8(2,6)7/h4H,3H2,1-2H3. The topological polar surface area (TPSA) is 0 Å². The van der Waals surface area contributed by atoms with Crippen molar-refractivity contribution < 1.29 is 0 Å². The minimum absolute atomic E-state index is 0.302. The predicted molar refractivity (Wildman–Crippen MR) is 43.5 cm³/mol. The Kier molecular flexibility index (Phi) is 4.14. The molecule has 0 aliphatic heterocycles. The van der Waals surface area contributed by atoms with Gasteiger partial charge in [-0.3, -0.25) is 0 Å². The van der Waals surface area contributed by atoms with Crippen molar-refractivity contribution in [2.24, 2.45) is 0 Å². The quantitative estimate of drug-likeness (QED) is 0.515. The number of hydrogen-bond donors (Lipinski definition) is 0. The molecule has 1 atom stereocenters. The molecule has 0 saturated heterocycles. The first-order valence-corrected chi connectivity index (χ1v) is 9.94. The van der Waals surface area contributed by atoms with Gasteiger partial charge in [-0.2, -0.15) is 0 Å². The molecule has 4 heteroatoms. The third kappa shape index (κ3) is 3.42. The molecule has 0 amide bonds. The Morgan fingerprint density at radius 2 is 1.88 bits per heavy atom. The third-order valence-corrected chi connectivity index (χ3v) is 8.28. The van der Waals surface area contributed by atoms with Crippen LogP contribution in [0.2, 0.25) is 10.6 Å². The monoisotopic (exact) mass is 242 g/mol. The first-order chi connectivity index (χ1) is 3.48. The third-order valence-electron chi connectivity index (χ3n) is 0.924. The van der Waals surface area contributed by atoms with Crippen LogP contribution in [-0.2, 0) is 0 Å². The van der Waals surface area contributed by atoms with E-state index < -0.39 is 11.0 Å². The number of halogens is 3. The minimum atomic E-state index is -2.11. The van der Waals surface area contributed by atoms with E-state index in [1.165, 1.54) is 0 Å². The van der Waals surface area contributed by atoms with E-state index in [2.05, 4.69) is 0 Å². The Bertz CT molecular complexity index is 68.2. The van der Waals surface area contributed by atoms with Gasteiger partial charge in [0.2, 0.25) is 0 Å². The van der Waals surface area contributed by atoms with Crippen LogP contribution >= 0.6 is 31.8 Å². The molecule has 0 rings (SSSR count). The van der Waals surface area contributed by atoms with Gasteiger partial charge < -0.3 is 0 Å². The molecule has 0 aromatic heterocycles. The van der Waals surface area contributed by atoms with Crippen molar-refractivity contribution in [1.29, 1.82) is 0 Å². The zero-order chi connectivity index (χ0) is 6.78. The van der Waals surface area contributed by atoms with Gasteiger partial charge in [0, 0.05) is 0 Å². The second-order valence-corrected chi connectivity index (χ2v) is 14.5. The Hall–Kier alpha value is 1.39. The van der Waals surface area contributed by atoms with Gasteiger partial charge in [0.25, 0.3) is 0 Å². The van der Waals surface area contributed by atoms with E-state index in [0.29, 0.717) is 10.7 Å². The summed E-state index contributed by atoms with van der Waals surface area (Å²) >= 11 is 3.40. The van der Waals surface area contributed by atoms with Crippen molar-refractivity contribution in [3.05, 3.63) is 0 Å². The van der Waals surface area contributed by atoms with Crippen LogP contribution in [0.1, 0.15) is 6.92 Å². The van der Waals surface area contributed by atoms with Crippen molar-refractivity contribution in [2.75, 3.05) is 5.88 Å². The van der Waals surface area contributed by atoms with Gasteiger partial charge >= 0.3 is 66.3 Å². The Morgan fingerprint density at radius 3 is 1.88 bits per heavy atom. The van der Waals surface area contributed by atoms with E-state index in [4.69, 9.17) is 31.8 Å². The molecule has 8 heavy (non-hydrogen) atoms. The summed E-state index contributed by atoms with van der Waals surface area (Å²) in [6.07, 6.45) is 0. The fraction of sp³-hybridized carbons (Fsp3) is 1.00. The van der Waals surface area contributed by atoms with Crippen molar-refractivity contribution in [3.8, 4) is 0 Å². The summed E-state index contributed by atoms with van der Waals surface area (Å²) < 4.78 is 0. The summed E-state index contributed by atoms with van der Waals surface area (Å²) in [4.78, 5) is 0.302. The summed E-state index contributed by atoms with van der Waals surface area (Å²) in [7, 11) is 11.6. The summed E-state index contributed by atoms with van der Waals surface area (Å²) in [5, 5.41) is 0. The average Bonchev–Trinajstić information content (AvgIpc) is 1.62. The molecule has 52 valence electrons. The molecule has 0 aliphatic carbocycles. The van der Waals surface area contributed by atoms with E-state index in [-0.39, 0.29) is 0 Å². The van der Waals surface area contributed by atoms with E-state index in [1.54, 1.807) is 0 Å². The van der Waals surface area contributed by atoms with Gasteiger partial charge in [0.1, 0.15) is 0 Å². The van der Waals surface area contributed by atoms with Gasteiger partial charge in [-0.05, 0) is 0 Å². The van der Waals surface area contributed by atoms with Gasteiger partial charge in [0.05, 0.1) is 0 Å². The van der Waals surface area contributed by atoms with Gasteiger partial charge in [-0.15, -0.1) is 0 Å². The molecule has 0 heterocycles. The SMILES string of the molecule is CC(CCl)[Se](C)(Cl)Cl. The summed E-state index contributed by atoms with van der Waals surface area (Å²) in [5.41, 5.74) is 0. The molecule has 0 N–H and O–H groups in total. The van der Waals surface area contributed by atoms with Gasteiger partial charge in [0.15, 0.2) is 0 Å². The maximum absolute atomic E-state index is 5.82. The van der Waals surface area contributed by atoms with Gasteiger partial charge in [-0.25, -0.2) is 0 Å². The van der Waals surface area contributed by atoms with Crippen molar-refractivity contribution in [2.45, 2.75) is 17.6 Å². The molecular formula is C4H9Cl3Se. The zero-order valence-corrected chi connectivity index (χ0v) is 8.81. The van der Waals surface area contributed by atoms with Crippen LogP contribution in [0.3, 0.4) is 0 Å². The van der Waals surface area contributed by atoms with Crippen LogP contribution in [0, 0.1) is 0 Å². The van der Waals surface area contributed by atoms with Crippen molar-refractivity contribution in [3.63, 3.8) is 0 Å². The molecule has 0 aromatic carbocycles. The van der Waals surface area contributed by atoms with Crippen LogP contribution in [0.25, 0.3) is 0 Å². The summed E-state index contributed by atoms with van der Waals surface area (Å²) in [6.45, 7) is 1.98. The van der Waals surface area contributed by atoms with Crippen molar-refractivity contribution in [1.82, 2.24) is 0 Å². The molecule has 1 unspecified atom stereocenters. The second-order valence-electron chi connectivity index (χ2n) is 1.75. The molecule has 0 nitrogen and oxygen atoms in total. The summed E-state index contributed by atoms with van der Waals surface area (Å²) in [5.74, 6) is 2.47. The molecule has 0 spiro atoms. The van der Waals surface area contributed by atoms with Crippen LogP contribution in [0.5, 0.6) is 0 Å². The first-order valence-electron chi connectivity index (χ1n) is 2.21. The Morgan fingerprint density at radius 1 is 1.50 bits per heavy atom. The normalized spacial score (nSPS) is 18.1. The fourth-order valence-electron chi connectivity index (χ4n) is 0.111. The average molecular weight is 242 g/mol. The predicted octanol–water partition coefficient (Wildman–Crippen LogP) is 3.16. The maximum atomic E-state index is 5.82. The van der Waals surface area contributed by atoms with Gasteiger partial charge in [-0.1, -0.05) is 0 Å². The molecule has 0 bridgehead atoms. The van der Waals surface area contributed by atoms with Crippen LogP contribution in [-0.4, -0.2) is 16.9 Å².